The van der Waals surface area contributed by atoms with Crippen molar-refractivity contribution in [3.05, 3.63) is 22.1 Å². The van der Waals surface area contributed by atoms with Gasteiger partial charge in [0, 0.05) is 42.9 Å². The Morgan fingerprint density at radius 3 is 2.50 bits per heavy atom. The summed E-state index contributed by atoms with van der Waals surface area (Å²) in [5, 5.41) is 0.461. The van der Waals surface area contributed by atoms with E-state index < -0.39 is 0 Å². The second-order valence-corrected chi connectivity index (χ2v) is 8.17. The summed E-state index contributed by atoms with van der Waals surface area (Å²) in [4.78, 5) is 47.4. The lowest BCUT2D eigenvalue weighted by atomic mass is 9.83. The van der Waals surface area contributed by atoms with Crippen LogP contribution in [0.5, 0.6) is 0 Å². The molecule has 2 amide bonds. The number of rotatable bonds is 4. The molecule has 1 aromatic rings. The van der Waals surface area contributed by atoms with Gasteiger partial charge in [0.1, 0.15) is 0 Å². The van der Waals surface area contributed by atoms with Gasteiger partial charge < -0.3 is 14.8 Å². The van der Waals surface area contributed by atoms with E-state index in [0.29, 0.717) is 23.9 Å². The number of carbonyl (C=O) groups excluding carboxylic acids is 2. The molecule has 7 nitrogen and oxygen atoms in total. The number of hydrogen-bond donors (Lipinski definition) is 1. The molecule has 1 saturated carbocycles. The molecule has 1 aliphatic heterocycles. The minimum Gasteiger partial charge on any atom is -0.336 e. The van der Waals surface area contributed by atoms with Crippen LogP contribution >= 0.6 is 11.8 Å². The van der Waals surface area contributed by atoms with Crippen LogP contribution in [0.4, 0.5) is 0 Å². The molecule has 0 spiro atoms. The molecule has 0 unspecified atom stereocenters. The highest BCUT2D eigenvalue weighted by molar-refractivity contribution is 7.99. The zero-order chi connectivity index (χ0) is 18.8. The van der Waals surface area contributed by atoms with Crippen LogP contribution in [0.2, 0.25) is 0 Å². The highest BCUT2D eigenvalue weighted by Gasteiger charge is 2.39. The molecule has 2 atom stereocenters. The molecule has 26 heavy (non-hydrogen) atoms. The minimum atomic E-state index is -0.211. The second-order valence-electron chi connectivity index (χ2n) is 7.21. The summed E-state index contributed by atoms with van der Waals surface area (Å²) in [6, 6.07) is 1.42. The van der Waals surface area contributed by atoms with Crippen LogP contribution in [0.3, 0.4) is 0 Å². The molecule has 0 bridgehead atoms. The standard InChI is InChI=1S/C18H26N4O3S/c1-11-9-15(23)20-18(19-11)26-10-16(24)21-7-8-22(13(3)12(21)2)17(25)14-5-4-6-14/h9,12-14H,4-8,10H2,1-3H3,(H,19,20,23)/t12-,13-/m1/s1. The summed E-state index contributed by atoms with van der Waals surface area (Å²) in [5.74, 6) is 0.666. The van der Waals surface area contributed by atoms with E-state index in [9.17, 15) is 14.4 Å². The molecule has 1 aliphatic carbocycles. The lowest BCUT2D eigenvalue weighted by Crippen LogP contribution is -2.61. The lowest BCUT2D eigenvalue weighted by Gasteiger charge is -2.46. The summed E-state index contributed by atoms with van der Waals surface area (Å²) >= 11 is 1.24. The second kappa shape index (κ2) is 7.82. The van der Waals surface area contributed by atoms with E-state index >= 15 is 0 Å². The van der Waals surface area contributed by atoms with Crippen molar-refractivity contribution >= 4 is 23.6 Å². The normalized spacial score (nSPS) is 23.7. The maximum Gasteiger partial charge on any atom is 0.251 e. The highest BCUT2D eigenvalue weighted by atomic mass is 32.2. The minimum absolute atomic E-state index is 0.00856. The van der Waals surface area contributed by atoms with Gasteiger partial charge in [-0.3, -0.25) is 14.4 Å². The largest absolute Gasteiger partial charge is 0.336 e. The van der Waals surface area contributed by atoms with E-state index in [1.807, 2.05) is 23.6 Å². The molecular weight excluding hydrogens is 352 g/mol. The number of aromatic amines is 1. The maximum atomic E-state index is 12.7. The highest BCUT2D eigenvalue weighted by Crippen LogP contribution is 2.30. The van der Waals surface area contributed by atoms with Crippen molar-refractivity contribution in [2.75, 3.05) is 18.8 Å². The molecular formula is C18H26N4O3S. The molecule has 1 aromatic heterocycles. The van der Waals surface area contributed by atoms with Crippen molar-refractivity contribution in [2.24, 2.45) is 5.92 Å². The van der Waals surface area contributed by atoms with Crippen molar-refractivity contribution in [2.45, 2.75) is 57.3 Å². The van der Waals surface area contributed by atoms with E-state index in [2.05, 4.69) is 9.97 Å². The number of carbonyl (C=O) groups is 2. The zero-order valence-electron chi connectivity index (χ0n) is 15.5. The third kappa shape index (κ3) is 3.95. The molecule has 8 heteroatoms. The van der Waals surface area contributed by atoms with Gasteiger partial charge in [-0.2, -0.15) is 0 Å². The number of nitrogens with one attached hydrogen (secondary N) is 1. The van der Waals surface area contributed by atoms with E-state index in [1.54, 1.807) is 6.92 Å². The van der Waals surface area contributed by atoms with Crippen molar-refractivity contribution in [3.63, 3.8) is 0 Å². The first-order valence-electron chi connectivity index (χ1n) is 9.17. The van der Waals surface area contributed by atoms with Crippen molar-refractivity contribution in [3.8, 4) is 0 Å². The molecule has 0 aromatic carbocycles. The van der Waals surface area contributed by atoms with Gasteiger partial charge in [-0.15, -0.1) is 0 Å². The number of amides is 2. The Balaban J connectivity index is 1.58. The molecule has 3 rings (SSSR count). The first-order chi connectivity index (χ1) is 12.4. The number of H-pyrrole nitrogens is 1. The quantitative estimate of drug-likeness (QED) is 0.632. The van der Waals surface area contributed by atoms with Gasteiger partial charge in [-0.1, -0.05) is 18.2 Å². The number of piperazine rings is 1. The summed E-state index contributed by atoms with van der Waals surface area (Å²) < 4.78 is 0. The summed E-state index contributed by atoms with van der Waals surface area (Å²) in [5.41, 5.74) is 0.423. The van der Waals surface area contributed by atoms with Crippen LogP contribution in [-0.4, -0.2) is 62.5 Å². The van der Waals surface area contributed by atoms with Crippen LogP contribution in [0.15, 0.2) is 16.0 Å². The van der Waals surface area contributed by atoms with Crippen LogP contribution in [0.1, 0.15) is 38.8 Å². The van der Waals surface area contributed by atoms with Gasteiger partial charge in [0.25, 0.3) is 5.56 Å². The van der Waals surface area contributed by atoms with Gasteiger partial charge in [-0.25, -0.2) is 4.98 Å². The monoisotopic (exact) mass is 378 g/mol. The fourth-order valence-electron chi connectivity index (χ4n) is 3.53. The fraction of sp³-hybridized carbons (Fsp3) is 0.667. The number of aryl methyl sites for hydroxylation is 1. The SMILES string of the molecule is Cc1cc(=O)[nH]c(SCC(=O)N2CCN(C(=O)C3CCC3)[C@H](C)[C@H]2C)n1. The third-order valence-corrected chi connectivity index (χ3v) is 6.36. The van der Waals surface area contributed by atoms with Crippen molar-refractivity contribution < 1.29 is 9.59 Å². The number of hydrogen-bond acceptors (Lipinski definition) is 5. The van der Waals surface area contributed by atoms with Crippen molar-refractivity contribution in [1.82, 2.24) is 19.8 Å². The first kappa shape index (κ1) is 18.9. The molecule has 1 N–H and O–H groups in total. The third-order valence-electron chi connectivity index (χ3n) is 5.50. The molecule has 1 saturated heterocycles. The summed E-state index contributed by atoms with van der Waals surface area (Å²) in [6.07, 6.45) is 3.14. The predicted molar refractivity (Wildman–Crippen MR) is 100 cm³/mol. The molecule has 142 valence electrons. The fourth-order valence-corrected chi connectivity index (χ4v) is 4.34. The topological polar surface area (TPSA) is 86.4 Å². The Bertz CT molecular complexity index is 746. The average Bonchev–Trinajstić information content (AvgIpc) is 2.52. The van der Waals surface area contributed by atoms with E-state index in [0.717, 1.165) is 19.3 Å². The zero-order valence-corrected chi connectivity index (χ0v) is 16.3. The number of thioether (sulfide) groups is 1. The molecule has 2 fully saturated rings. The molecule has 2 aliphatic rings. The Hall–Kier alpha value is -1.83. The van der Waals surface area contributed by atoms with Crippen LogP contribution < -0.4 is 5.56 Å². The van der Waals surface area contributed by atoms with E-state index in [1.165, 1.54) is 17.8 Å². The van der Waals surface area contributed by atoms with Crippen LogP contribution in [0, 0.1) is 12.8 Å². The van der Waals surface area contributed by atoms with Crippen LogP contribution in [0.25, 0.3) is 0 Å². The smallest absolute Gasteiger partial charge is 0.251 e. The average molecular weight is 378 g/mol. The van der Waals surface area contributed by atoms with Gasteiger partial charge >= 0.3 is 0 Å². The van der Waals surface area contributed by atoms with Crippen molar-refractivity contribution in [1.29, 1.82) is 0 Å². The summed E-state index contributed by atoms with van der Waals surface area (Å²) in [7, 11) is 0. The molecule has 2 heterocycles. The van der Waals surface area contributed by atoms with Gasteiger partial charge in [0.15, 0.2) is 5.16 Å². The summed E-state index contributed by atoms with van der Waals surface area (Å²) in [6.45, 7) is 6.93. The van der Waals surface area contributed by atoms with E-state index in [-0.39, 0.29) is 41.1 Å². The van der Waals surface area contributed by atoms with E-state index in [4.69, 9.17) is 0 Å². The molecule has 0 radical (unpaired) electrons. The lowest BCUT2D eigenvalue weighted by molar-refractivity contribution is -0.149. The number of nitrogens with zero attached hydrogens (tertiary/aromatic N) is 3. The maximum absolute atomic E-state index is 12.7. The predicted octanol–water partition coefficient (Wildman–Crippen LogP) is 1.42. The first-order valence-corrected chi connectivity index (χ1v) is 10.2. The Labute approximate surface area is 157 Å². The van der Waals surface area contributed by atoms with Crippen LogP contribution in [-0.2, 0) is 9.59 Å². The Morgan fingerprint density at radius 2 is 1.88 bits per heavy atom. The van der Waals surface area contributed by atoms with Gasteiger partial charge in [0.2, 0.25) is 11.8 Å². The Kier molecular flexibility index (Phi) is 5.70. The van der Waals surface area contributed by atoms with Gasteiger partial charge in [0.05, 0.1) is 5.75 Å². The Morgan fingerprint density at radius 1 is 1.23 bits per heavy atom. The number of aromatic nitrogens is 2. The van der Waals surface area contributed by atoms with Gasteiger partial charge in [-0.05, 0) is 33.6 Å².